The number of para-hydroxylation sites is 1. The Hall–Kier alpha value is -0.790. The Balaban J connectivity index is 0.000000425. The molecule has 3 rings (SSSR count). The first-order chi connectivity index (χ1) is 10.4. The van der Waals surface area contributed by atoms with Crippen molar-refractivity contribution in [2.45, 2.75) is 0 Å². The van der Waals surface area contributed by atoms with E-state index in [9.17, 15) is 0 Å². The number of halogens is 2. The van der Waals surface area contributed by atoms with Crippen LogP contribution in [-0.4, -0.2) is 28.0 Å². The third-order valence-corrected chi connectivity index (χ3v) is 5.60. The Labute approximate surface area is 169 Å². The van der Waals surface area contributed by atoms with E-state index in [1.807, 2.05) is 30.3 Å². The zero-order chi connectivity index (χ0) is 14.8. The van der Waals surface area contributed by atoms with Crippen LogP contribution in [-0.2, 0) is 0 Å². The average Bonchev–Trinajstić information content (AvgIpc) is 2.58. The van der Waals surface area contributed by atoms with Crippen molar-refractivity contribution in [3.05, 3.63) is 91.0 Å². The molecule has 0 aromatic heterocycles. The molecule has 0 bridgehead atoms. The summed E-state index contributed by atoms with van der Waals surface area (Å²) in [6.45, 7) is 0. The van der Waals surface area contributed by atoms with Crippen LogP contribution >= 0.6 is 0 Å². The maximum atomic E-state index is 4.91. The number of hydrogen-bond donors (Lipinski definition) is 0. The third-order valence-electron chi connectivity index (χ3n) is 2.70. The van der Waals surface area contributed by atoms with Gasteiger partial charge in [-0.3, -0.25) is 0 Å². The molecule has 1 nitrogen and oxygen atoms in total. The summed E-state index contributed by atoms with van der Waals surface area (Å²) in [7, 11) is 1.66. The summed E-state index contributed by atoms with van der Waals surface area (Å²) >= 11 is -0.153. The molecule has 0 heterocycles. The van der Waals surface area contributed by atoms with E-state index in [0.717, 1.165) is 5.75 Å². The van der Waals surface area contributed by atoms with Crippen LogP contribution in [0.5, 0.6) is 5.75 Å². The summed E-state index contributed by atoms with van der Waals surface area (Å²) in [4.78, 5) is 0. The summed E-state index contributed by atoms with van der Waals surface area (Å²) in [6, 6.07) is 31.1. The standard InChI is InChI=1S/C12H10Te.C7H8O.2BrH/c1-3-7-11(8-4-1)13-12-9-5-2-6-10-12;1-8-7-5-3-2-4-6-7;;/h1-10H;2-6H,1H3;2*1H/p-2. The maximum absolute atomic E-state index is 4.91. The molecule has 0 amide bonds. The van der Waals surface area contributed by atoms with E-state index in [0.29, 0.717) is 0 Å². The molecule has 0 spiro atoms. The topological polar surface area (TPSA) is 9.23 Å². The van der Waals surface area contributed by atoms with Crippen LogP contribution in [0.25, 0.3) is 0 Å². The van der Waals surface area contributed by atoms with E-state index in [1.165, 1.54) is 7.22 Å². The number of methoxy groups -OCH3 is 1. The van der Waals surface area contributed by atoms with Crippen molar-refractivity contribution in [2.24, 2.45) is 0 Å². The van der Waals surface area contributed by atoms with Gasteiger partial charge in [-0.2, -0.15) is 0 Å². The summed E-state index contributed by atoms with van der Waals surface area (Å²) in [6.07, 6.45) is 0. The Morgan fingerprint density at radius 3 is 1.22 bits per heavy atom. The molecule has 4 heteroatoms. The number of ether oxygens (including phenoxy) is 1. The van der Waals surface area contributed by atoms with Crippen molar-refractivity contribution in [2.75, 3.05) is 7.11 Å². The predicted octanol–water partition coefficient (Wildman–Crippen LogP) is -2.96. The van der Waals surface area contributed by atoms with Gasteiger partial charge < -0.3 is 38.7 Å². The van der Waals surface area contributed by atoms with Crippen molar-refractivity contribution in [3.8, 4) is 5.75 Å². The van der Waals surface area contributed by atoms with Crippen molar-refractivity contribution < 1.29 is 38.7 Å². The summed E-state index contributed by atoms with van der Waals surface area (Å²) in [5, 5.41) is 0. The quantitative estimate of drug-likeness (QED) is 0.318. The van der Waals surface area contributed by atoms with Crippen LogP contribution in [0, 0.1) is 0 Å². The molecule has 0 atom stereocenters. The Kier molecular flexibility index (Phi) is 13.2. The Morgan fingerprint density at radius 1 is 0.565 bits per heavy atom. The molecule has 0 saturated carbocycles. The molecular formula is C19H18Br2OTe-2. The molecule has 0 N–H and O–H groups in total. The SMILES string of the molecule is COc1ccccc1.[Br-].[Br-].c1ccc([Te]c2ccccc2)cc1. The molecule has 122 valence electrons. The predicted molar refractivity (Wildman–Crippen MR) is 90.9 cm³/mol. The van der Waals surface area contributed by atoms with Gasteiger partial charge in [-0.25, -0.2) is 0 Å². The minimum atomic E-state index is -0.153. The molecule has 0 aliphatic carbocycles. The number of hydrogen-bond acceptors (Lipinski definition) is 1. The van der Waals surface area contributed by atoms with Gasteiger partial charge in [-0.15, -0.1) is 0 Å². The second kappa shape index (κ2) is 13.6. The van der Waals surface area contributed by atoms with E-state index in [-0.39, 0.29) is 54.9 Å². The second-order valence-electron chi connectivity index (χ2n) is 4.25. The zero-order valence-corrected chi connectivity index (χ0v) is 18.2. The van der Waals surface area contributed by atoms with Crippen molar-refractivity contribution in [1.29, 1.82) is 0 Å². The molecule has 0 radical (unpaired) electrons. The van der Waals surface area contributed by atoms with E-state index in [4.69, 9.17) is 4.74 Å². The number of rotatable bonds is 3. The van der Waals surface area contributed by atoms with Gasteiger partial charge in [0.2, 0.25) is 0 Å². The van der Waals surface area contributed by atoms with Crippen molar-refractivity contribution >= 4 is 28.1 Å². The summed E-state index contributed by atoms with van der Waals surface area (Å²) in [5.41, 5.74) is 0. The van der Waals surface area contributed by atoms with Gasteiger partial charge >= 0.3 is 88.8 Å². The molecule has 23 heavy (non-hydrogen) atoms. The van der Waals surface area contributed by atoms with Gasteiger partial charge in [0.1, 0.15) is 5.75 Å². The van der Waals surface area contributed by atoms with Gasteiger partial charge in [-0.05, 0) is 12.1 Å². The summed E-state index contributed by atoms with van der Waals surface area (Å²) < 4.78 is 7.91. The van der Waals surface area contributed by atoms with E-state index < -0.39 is 0 Å². The average molecular weight is 550 g/mol. The first-order valence-corrected chi connectivity index (χ1v) is 9.08. The number of benzene rings is 3. The van der Waals surface area contributed by atoms with Gasteiger partial charge in [-0.1, -0.05) is 18.2 Å². The van der Waals surface area contributed by atoms with E-state index >= 15 is 0 Å². The van der Waals surface area contributed by atoms with E-state index in [2.05, 4.69) is 60.7 Å². The van der Waals surface area contributed by atoms with Gasteiger partial charge in [0.15, 0.2) is 0 Å². The molecule has 0 aliphatic heterocycles. The molecular weight excluding hydrogens is 532 g/mol. The Bertz CT molecular complexity index is 581. The van der Waals surface area contributed by atoms with Crippen LogP contribution < -0.4 is 45.9 Å². The molecule has 0 saturated heterocycles. The van der Waals surface area contributed by atoms with Crippen LogP contribution in [0.15, 0.2) is 91.0 Å². The normalized spacial score (nSPS) is 8.57. The van der Waals surface area contributed by atoms with Crippen molar-refractivity contribution in [1.82, 2.24) is 0 Å². The molecule has 0 aliphatic rings. The Morgan fingerprint density at radius 2 is 0.913 bits per heavy atom. The van der Waals surface area contributed by atoms with E-state index in [1.54, 1.807) is 7.11 Å². The van der Waals surface area contributed by atoms with Crippen molar-refractivity contribution in [3.63, 3.8) is 0 Å². The van der Waals surface area contributed by atoms with Gasteiger partial charge in [0.05, 0.1) is 7.11 Å². The molecule has 3 aromatic carbocycles. The molecule has 0 unspecified atom stereocenters. The fraction of sp³-hybridized carbons (Fsp3) is 0.0526. The first-order valence-electron chi connectivity index (χ1n) is 6.75. The van der Waals surface area contributed by atoms with Gasteiger partial charge in [0.25, 0.3) is 0 Å². The third kappa shape index (κ3) is 9.17. The zero-order valence-electron chi connectivity index (χ0n) is 12.7. The minimum absolute atomic E-state index is 0. The fourth-order valence-corrected chi connectivity index (χ4v) is 4.12. The van der Waals surface area contributed by atoms with Crippen LogP contribution in [0.2, 0.25) is 0 Å². The van der Waals surface area contributed by atoms with Crippen LogP contribution in [0.3, 0.4) is 0 Å². The van der Waals surface area contributed by atoms with Gasteiger partial charge in [0, 0.05) is 0 Å². The monoisotopic (exact) mass is 550 g/mol. The second-order valence-corrected chi connectivity index (χ2v) is 7.52. The first kappa shape index (κ1) is 22.2. The fourth-order valence-electron chi connectivity index (χ4n) is 1.67. The molecule has 3 aromatic rings. The van der Waals surface area contributed by atoms with Crippen LogP contribution in [0.1, 0.15) is 0 Å². The summed E-state index contributed by atoms with van der Waals surface area (Å²) in [5.74, 6) is 0.910. The molecule has 0 fully saturated rings. The van der Waals surface area contributed by atoms with Crippen LogP contribution in [0.4, 0.5) is 0 Å².